The Balaban J connectivity index is 2.27. The van der Waals surface area contributed by atoms with Gasteiger partial charge in [0.05, 0.1) is 10.9 Å². The van der Waals surface area contributed by atoms with Gasteiger partial charge in [0, 0.05) is 19.6 Å². The van der Waals surface area contributed by atoms with Gasteiger partial charge in [0.2, 0.25) is 0 Å². The second kappa shape index (κ2) is 5.40. The van der Waals surface area contributed by atoms with Crippen LogP contribution in [0.5, 0.6) is 5.75 Å². The van der Waals surface area contributed by atoms with Crippen LogP contribution in [-0.2, 0) is 0 Å². The molecule has 0 radical (unpaired) electrons. The lowest BCUT2D eigenvalue weighted by Crippen LogP contribution is -1.85. The summed E-state index contributed by atoms with van der Waals surface area (Å²) in [7, 11) is 1.66. The molecule has 0 aliphatic rings. The molecule has 2 heterocycles. The molecule has 0 N–H and O–H groups in total. The molecule has 0 aliphatic carbocycles. The Bertz CT molecular complexity index is 475. The first-order valence-corrected chi connectivity index (χ1v) is 8.05. The summed E-state index contributed by atoms with van der Waals surface area (Å²) in [5.74, 6) is 0.861. The van der Waals surface area contributed by atoms with E-state index in [0.29, 0.717) is 0 Å². The van der Waals surface area contributed by atoms with Gasteiger partial charge in [-0.05, 0) is 44.0 Å². The van der Waals surface area contributed by atoms with E-state index in [-0.39, 0.29) is 5.38 Å². The number of thiophene rings is 2. The van der Waals surface area contributed by atoms with E-state index in [1.807, 2.05) is 17.5 Å². The predicted octanol–water partition coefficient (Wildman–Crippen LogP) is 5.67. The molecule has 2 aromatic heterocycles. The van der Waals surface area contributed by atoms with Gasteiger partial charge in [0.15, 0.2) is 0 Å². The highest BCUT2D eigenvalue weighted by Gasteiger charge is 2.17. The number of methoxy groups -OCH3 is 1. The predicted molar refractivity (Wildman–Crippen MR) is 78.3 cm³/mol. The Kier molecular flexibility index (Phi) is 4.35. The minimum atomic E-state index is -0.110. The molecular weight excluding hydrogens is 396 g/mol. The molecule has 86 valence electrons. The third-order valence-corrected chi connectivity index (χ3v) is 7.02. The van der Waals surface area contributed by atoms with E-state index >= 15 is 0 Å². The third-order valence-electron chi connectivity index (χ3n) is 2.00. The van der Waals surface area contributed by atoms with Crippen LogP contribution in [0.15, 0.2) is 25.8 Å². The normalized spacial score (nSPS) is 12.8. The van der Waals surface area contributed by atoms with Gasteiger partial charge in [-0.15, -0.1) is 34.3 Å². The van der Waals surface area contributed by atoms with E-state index in [9.17, 15) is 0 Å². The molecule has 0 bridgehead atoms. The van der Waals surface area contributed by atoms with Crippen molar-refractivity contribution in [2.24, 2.45) is 0 Å². The first-order chi connectivity index (χ1) is 7.61. The molecule has 0 saturated heterocycles. The topological polar surface area (TPSA) is 9.23 Å². The molecular formula is C10H7Br2ClOS2. The summed E-state index contributed by atoms with van der Waals surface area (Å²) >= 11 is 16.6. The number of rotatable bonds is 3. The van der Waals surface area contributed by atoms with E-state index in [2.05, 4.69) is 31.9 Å². The monoisotopic (exact) mass is 400 g/mol. The summed E-state index contributed by atoms with van der Waals surface area (Å²) in [6.07, 6.45) is 0. The molecule has 0 saturated carbocycles. The van der Waals surface area contributed by atoms with Gasteiger partial charge in [0.25, 0.3) is 0 Å². The zero-order valence-corrected chi connectivity index (χ0v) is 13.7. The third kappa shape index (κ3) is 2.64. The Labute approximate surface area is 124 Å². The van der Waals surface area contributed by atoms with Crippen LogP contribution in [-0.4, -0.2) is 7.11 Å². The molecule has 0 amide bonds. The molecule has 2 rings (SSSR count). The van der Waals surface area contributed by atoms with Crippen molar-refractivity contribution in [1.29, 1.82) is 0 Å². The minimum absolute atomic E-state index is 0.110. The second-order valence-electron chi connectivity index (χ2n) is 3.02. The molecule has 1 atom stereocenters. The van der Waals surface area contributed by atoms with E-state index in [4.69, 9.17) is 16.3 Å². The molecule has 0 aliphatic heterocycles. The van der Waals surface area contributed by atoms with Crippen molar-refractivity contribution >= 4 is 66.1 Å². The summed E-state index contributed by atoms with van der Waals surface area (Å²) in [6, 6.07) is 4.02. The quantitative estimate of drug-likeness (QED) is 0.601. The van der Waals surface area contributed by atoms with Crippen LogP contribution in [0.4, 0.5) is 0 Å². The minimum Gasteiger partial charge on any atom is -0.496 e. The molecule has 1 nitrogen and oxygen atoms in total. The van der Waals surface area contributed by atoms with Crippen molar-refractivity contribution in [2.45, 2.75) is 5.38 Å². The SMILES string of the molecule is COc1csc(C(Cl)c2cc(Br)c(Br)s2)c1. The summed E-state index contributed by atoms with van der Waals surface area (Å²) in [4.78, 5) is 2.21. The largest absolute Gasteiger partial charge is 0.496 e. The summed E-state index contributed by atoms with van der Waals surface area (Å²) in [6.45, 7) is 0. The number of alkyl halides is 1. The van der Waals surface area contributed by atoms with Crippen molar-refractivity contribution in [3.63, 3.8) is 0 Å². The molecule has 2 aromatic rings. The van der Waals surface area contributed by atoms with Crippen LogP contribution < -0.4 is 4.74 Å². The van der Waals surface area contributed by atoms with Crippen LogP contribution in [0.2, 0.25) is 0 Å². The maximum Gasteiger partial charge on any atom is 0.129 e. The van der Waals surface area contributed by atoms with Crippen molar-refractivity contribution in [3.8, 4) is 5.75 Å². The fraction of sp³-hybridized carbons (Fsp3) is 0.200. The molecule has 1 unspecified atom stereocenters. The van der Waals surface area contributed by atoms with Crippen molar-refractivity contribution < 1.29 is 4.74 Å². The van der Waals surface area contributed by atoms with Gasteiger partial charge in [-0.25, -0.2) is 0 Å². The summed E-state index contributed by atoms with van der Waals surface area (Å²) in [5, 5.41) is 1.85. The van der Waals surface area contributed by atoms with E-state index in [1.165, 1.54) is 0 Å². The Morgan fingerprint density at radius 3 is 2.56 bits per heavy atom. The van der Waals surface area contributed by atoms with Crippen molar-refractivity contribution in [1.82, 2.24) is 0 Å². The number of hydrogen-bond donors (Lipinski definition) is 0. The van der Waals surface area contributed by atoms with Crippen LogP contribution >= 0.6 is 66.1 Å². The highest BCUT2D eigenvalue weighted by atomic mass is 79.9. The standard InChI is InChI=1S/C10H7Br2ClOS2/c1-14-5-2-7(15-4-5)9(13)8-3-6(11)10(12)16-8/h2-4,9H,1H3. The maximum absolute atomic E-state index is 6.41. The highest BCUT2D eigenvalue weighted by Crippen LogP contribution is 2.42. The average Bonchev–Trinajstić information content (AvgIpc) is 2.86. The van der Waals surface area contributed by atoms with Crippen LogP contribution in [0.3, 0.4) is 0 Å². The summed E-state index contributed by atoms with van der Waals surface area (Å²) < 4.78 is 7.26. The number of ether oxygens (including phenoxy) is 1. The van der Waals surface area contributed by atoms with Gasteiger partial charge < -0.3 is 4.74 Å². The fourth-order valence-electron chi connectivity index (χ4n) is 1.20. The smallest absolute Gasteiger partial charge is 0.129 e. The van der Waals surface area contributed by atoms with Gasteiger partial charge in [-0.3, -0.25) is 0 Å². The van der Waals surface area contributed by atoms with E-state index in [1.54, 1.807) is 29.8 Å². The van der Waals surface area contributed by atoms with Crippen molar-refractivity contribution in [2.75, 3.05) is 7.11 Å². The molecule has 6 heteroatoms. The maximum atomic E-state index is 6.41. The Hall–Kier alpha value is 0.450. The average molecular weight is 403 g/mol. The van der Waals surface area contributed by atoms with Crippen LogP contribution in [0.1, 0.15) is 15.1 Å². The number of hydrogen-bond acceptors (Lipinski definition) is 3. The second-order valence-corrected chi connectivity index (χ2v) is 7.66. The Morgan fingerprint density at radius 2 is 2.06 bits per heavy atom. The lowest BCUT2D eigenvalue weighted by atomic mass is 10.3. The summed E-state index contributed by atoms with van der Waals surface area (Å²) in [5.41, 5.74) is 0. The first kappa shape index (κ1) is 12.9. The molecule has 0 spiro atoms. The van der Waals surface area contributed by atoms with Gasteiger partial charge in [0.1, 0.15) is 11.1 Å². The molecule has 16 heavy (non-hydrogen) atoms. The zero-order chi connectivity index (χ0) is 11.7. The zero-order valence-electron chi connectivity index (χ0n) is 8.17. The first-order valence-electron chi connectivity index (χ1n) is 4.33. The van der Waals surface area contributed by atoms with Crippen LogP contribution in [0.25, 0.3) is 0 Å². The molecule has 0 aromatic carbocycles. The van der Waals surface area contributed by atoms with Crippen molar-refractivity contribution in [3.05, 3.63) is 35.5 Å². The molecule has 0 fully saturated rings. The number of halogens is 3. The lowest BCUT2D eigenvalue weighted by molar-refractivity contribution is 0.416. The highest BCUT2D eigenvalue weighted by molar-refractivity contribution is 9.13. The van der Waals surface area contributed by atoms with Gasteiger partial charge in [-0.2, -0.15) is 0 Å². The van der Waals surface area contributed by atoms with Gasteiger partial charge in [-0.1, -0.05) is 0 Å². The van der Waals surface area contributed by atoms with E-state index < -0.39 is 0 Å². The van der Waals surface area contributed by atoms with Crippen LogP contribution in [0, 0.1) is 0 Å². The van der Waals surface area contributed by atoms with E-state index in [0.717, 1.165) is 23.8 Å². The van der Waals surface area contributed by atoms with Gasteiger partial charge >= 0.3 is 0 Å². The fourth-order valence-corrected chi connectivity index (χ4v) is 4.63. The Morgan fingerprint density at radius 1 is 1.31 bits per heavy atom. The lowest BCUT2D eigenvalue weighted by Gasteiger charge is -2.02.